The number of benzene rings is 1. The highest BCUT2D eigenvalue weighted by Gasteiger charge is 2.19. The summed E-state index contributed by atoms with van der Waals surface area (Å²) in [5, 5.41) is 0.721. The van der Waals surface area contributed by atoms with Gasteiger partial charge in [0.15, 0.2) is 0 Å². The van der Waals surface area contributed by atoms with Crippen LogP contribution in [0, 0.1) is 6.92 Å². The van der Waals surface area contributed by atoms with Crippen molar-refractivity contribution in [3.8, 4) is 5.69 Å². The van der Waals surface area contributed by atoms with Crippen molar-refractivity contribution in [3.05, 3.63) is 57.2 Å². The van der Waals surface area contributed by atoms with Gasteiger partial charge in [-0.15, -0.1) is 0 Å². The van der Waals surface area contributed by atoms with Crippen LogP contribution in [0.1, 0.15) is 30.8 Å². The monoisotopic (exact) mass is 343 g/mol. The van der Waals surface area contributed by atoms with Gasteiger partial charge in [0.2, 0.25) is 0 Å². The van der Waals surface area contributed by atoms with Crippen molar-refractivity contribution in [3.63, 3.8) is 0 Å². The Hall–Kier alpha value is -2.44. The van der Waals surface area contributed by atoms with E-state index >= 15 is 0 Å². The molecule has 0 fully saturated rings. The van der Waals surface area contributed by atoms with Gasteiger partial charge in [-0.25, -0.2) is 9.97 Å². The van der Waals surface area contributed by atoms with Crippen LogP contribution in [-0.2, 0) is 0 Å². The van der Waals surface area contributed by atoms with Gasteiger partial charge in [-0.1, -0.05) is 24.6 Å². The number of nitrogens with zero attached hydrogens (tertiary/aromatic N) is 3. The number of rotatable bonds is 3. The van der Waals surface area contributed by atoms with Crippen LogP contribution in [0.4, 0.5) is 5.82 Å². The number of halogens is 1. The van der Waals surface area contributed by atoms with E-state index in [4.69, 9.17) is 23.1 Å². The van der Waals surface area contributed by atoms with Gasteiger partial charge in [-0.05, 0) is 37.1 Å². The van der Waals surface area contributed by atoms with Gasteiger partial charge >= 0.3 is 0 Å². The van der Waals surface area contributed by atoms with E-state index in [-0.39, 0.29) is 5.56 Å². The summed E-state index contributed by atoms with van der Waals surface area (Å²) in [5.74, 6) is 0.865. The van der Waals surface area contributed by atoms with E-state index in [0.29, 0.717) is 39.7 Å². The first-order chi connectivity index (χ1) is 11.4. The molecule has 0 aliphatic carbocycles. The van der Waals surface area contributed by atoms with Crippen molar-refractivity contribution in [2.24, 2.45) is 5.73 Å². The fraction of sp³-hybridized carbons (Fsp3) is 0.235. The molecule has 0 spiro atoms. The zero-order chi connectivity index (χ0) is 17.4. The van der Waals surface area contributed by atoms with Crippen molar-refractivity contribution in [1.29, 1.82) is 0 Å². The lowest BCUT2D eigenvalue weighted by Crippen LogP contribution is -2.29. The van der Waals surface area contributed by atoms with Gasteiger partial charge in [0.25, 0.3) is 5.56 Å². The van der Waals surface area contributed by atoms with Crippen molar-refractivity contribution in [2.45, 2.75) is 26.3 Å². The Balaban J connectivity index is 2.46. The maximum absolute atomic E-state index is 13.2. The third-order valence-corrected chi connectivity index (χ3v) is 4.30. The normalized spacial score (nSPS) is 12.5. The molecular weight excluding hydrogens is 326 g/mol. The van der Waals surface area contributed by atoms with Gasteiger partial charge in [-0.2, -0.15) is 0 Å². The second-order valence-electron chi connectivity index (χ2n) is 5.65. The zero-order valence-corrected chi connectivity index (χ0v) is 14.2. The Bertz CT molecular complexity index is 983. The first kappa shape index (κ1) is 16.4. The van der Waals surface area contributed by atoms with Crippen LogP contribution in [0.15, 0.2) is 35.3 Å². The lowest BCUT2D eigenvalue weighted by Gasteiger charge is -2.19. The zero-order valence-electron chi connectivity index (χ0n) is 13.5. The Morgan fingerprint density at radius 2 is 2.12 bits per heavy atom. The molecule has 124 valence electrons. The predicted octanol–water partition coefficient (Wildman–Crippen LogP) is 2.73. The van der Waals surface area contributed by atoms with E-state index in [0.717, 1.165) is 5.56 Å². The van der Waals surface area contributed by atoms with E-state index in [1.165, 1.54) is 4.57 Å². The Labute approximate surface area is 144 Å². The van der Waals surface area contributed by atoms with Gasteiger partial charge in [0.1, 0.15) is 11.6 Å². The molecule has 0 unspecified atom stereocenters. The van der Waals surface area contributed by atoms with Crippen LogP contribution in [0.3, 0.4) is 0 Å². The molecule has 0 aliphatic rings. The van der Waals surface area contributed by atoms with Crippen molar-refractivity contribution in [1.82, 2.24) is 14.5 Å². The van der Waals surface area contributed by atoms with Crippen LogP contribution < -0.4 is 17.0 Å². The molecule has 7 heteroatoms. The Morgan fingerprint density at radius 1 is 1.38 bits per heavy atom. The van der Waals surface area contributed by atoms with Crippen molar-refractivity contribution in [2.75, 3.05) is 5.73 Å². The molecule has 6 nitrogen and oxygen atoms in total. The van der Waals surface area contributed by atoms with E-state index in [2.05, 4.69) is 9.97 Å². The minimum Gasteiger partial charge on any atom is -0.384 e. The van der Waals surface area contributed by atoms with Crippen LogP contribution >= 0.6 is 11.6 Å². The van der Waals surface area contributed by atoms with Crippen LogP contribution in [0.5, 0.6) is 0 Å². The molecule has 4 N–H and O–H groups in total. The van der Waals surface area contributed by atoms with E-state index < -0.39 is 6.04 Å². The van der Waals surface area contributed by atoms with Crippen LogP contribution in [-0.4, -0.2) is 14.5 Å². The molecule has 0 bridgehead atoms. The lowest BCUT2D eigenvalue weighted by molar-refractivity contribution is 0.622. The molecule has 0 saturated heterocycles. The third kappa shape index (κ3) is 2.64. The van der Waals surface area contributed by atoms with E-state index in [1.54, 1.807) is 30.5 Å². The van der Waals surface area contributed by atoms with Gasteiger partial charge < -0.3 is 11.5 Å². The molecule has 0 aliphatic heterocycles. The number of hydrogen-bond acceptors (Lipinski definition) is 5. The van der Waals surface area contributed by atoms with Crippen molar-refractivity contribution < 1.29 is 0 Å². The lowest BCUT2D eigenvalue weighted by atomic mass is 10.1. The molecule has 2 heterocycles. The highest BCUT2D eigenvalue weighted by Crippen LogP contribution is 2.24. The predicted molar refractivity (Wildman–Crippen MR) is 96.5 cm³/mol. The summed E-state index contributed by atoms with van der Waals surface area (Å²) in [4.78, 5) is 21.9. The molecule has 1 atom stereocenters. The molecule has 2 aromatic heterocycles. The maximum atomic E-state index is 13.2. The minimum absolute atomic E-state index is 0.265. The molecule has 0 radical (unpaired) electrons. The quantitative estimate of drug-likeness (QED) is 0.761. The van der Waals surface area contributed by atoms with Crippen LogP contribution in [0.2, 0.25) is 5.02 Å². The van der Waals surface area contributed by atoms with Crippen molar-refractivity contribution >= 4 is 28.3 Å². The highest BCUT2D eigenvalue weighted by molar-refractivity contribution is 6.35. The molecule has 3 rings (SSSR count). The number of fused-ring (bicyclic) bond motifs is 1. The first-order valence-corrected chi connectivity index (χ1v) is 8.01. The molecule has 0 saturated carbocycles. The summed E-state index contributed by atoms with van der Waals surface area (Å²) in [6, 6.07) is 6.51. The SMILES string of the molecule is CC[C@H](N)c1nc2cccc(Cl)c2c(=O)n1-c1cnc(N)cc1C. The number of nitrogen functional groups attached to an aromatic ring is 1. The smallest absolute Gasteiger partial charge is 0.267 e. The number of anilines is 1. The summed E-state index contributed by atoms with van der Waals surface area (Å²) in [6.45, 7) is 3.80. The van der Waals surface area contributed by atoms with Crippen LogP contribution in [0.25, 0.3) is 16.6 Å². The summed E-state index contributed by atoms with van der Waals surface area (Å²) < 4.78 is 1.49. The number of aromatic nitrogens is 3. The standard InChI is InChI=1S/C17H18ClN5O/c1-3-11(19)16-22-12-6-4-5-10(18)15(12)17(24)23(16)13-8-21-14(20)7-9(13)2/h4-8,11H,3,19H2,1-2H3,(H2,20,21)/t11-/m0/s1. The largest absolute Gasteiger partial charge is 0.384 e. The third-order valence-electron chi connectivity index (χ3n) is 3.99. The van der Waals surface area contributed by atoms with Gasteiger partial charge in [0, 0.05) is 0 Å². The van der Waals surface area contributed by atoms with E-state index in [9.17, 15) is 4.79 Å². The topological polar surface area (TPSA) is 99.8 Å². The molecular formula is C17H18ClN5O. The average molecular weight is 344 g/mol. The summed E-state index contributed by atoms with van der Waals surface area (Å²) >= 11 is 6.23. The minimum atomic E-state index is -0.391. The summed E-state index contributed by atoms with van der Waals surface area (Å²) in [6.07, 6.45) is 2.20. The number of pyridine rings is 1. The molecule has 3 aromatic rings. The second-order valence-corrected chi connectivity index (χ2v) is 6.06. The fourth-order valence-corrected chi connectivity index (χ4v) is 2.93. The number of aryl methyl sites for hydroxylation is 1. The van der Waals surface area contributed by atoms with Gasteiger partial charge in [0.05, 0.1) is 33.9 Å². The highest BCUT2D eigenvalue weighted by atomic mass is 35.5. The molecule has 24 heavy (non-hydrogen) atoms. The number of nitrogens with two attached hydrogens (primary N) is 2. The summed E-state index contributed by atoms with van der Waals surface area (Å²) in [5.41, 5.74) is 13.6. The number of hydrogen-bond donors (Lipinski definition) is 2. The molecule has 1 aromatic carbocycles. The van der Waals surface area contributed by atoms with E-state index in [1.807, 2.05) is 13.8 Å². The summed E-state index contributed by atoms with van der Waals surface area (Å²) in [7, 11) is 0. The average Bonchev–Trinajstić information content (AvgIpc) is 2.55. The van der Waals surface area contributed by atoms with Gasteiger partial charge in [-0.3, -0.25) is 9.36 Å². The Morgan fingerprint density at radius 3 is 2.79 bits per heavy atom. The molecule has 0 amide bonds. The fourth-order valence-electron chi connectivity index (χ4n) is 2.68. The Kier molecular flexibility index (Phi) is 4.26. The second kappa shape index (κ2) is 6.22. The first-order valence-electron chi connectivity index (χ1n) is 7.63. The maximum Gasteiger partial charge on any atom is 0.267 e.